The van der Waals surface area contributed by atoms with E-state index in [9.17, 15) is 0 Å². The molecule has 170 valence electrons. The smallest absolute Gasteiger partial charge is 0.136 e. The largest absolute Gasteiger partial charge is 0.456 e. The van der Waals surface area contributed by atoms with Gasteiger partial charge >= 0.3 is 0 Å². The fourth-order valence-corrected chi connectivity index (χ4v) is 5.11. The molecule has 0 atom stereocenters. The van der Waals surface area contributed by atoms with Gasteiger partial charge in [-0.25, -0.2) is 0 Å². The van der Waals surface area contributed by atoms with Gasteiger partial charge in [0.15, 0.2) is 0 Å². The van der Waals surface area contributed by atoms with Gasteiger partial charge in [0.2, 0.25) is 0 Å². The molecule has 7 rings (SSSR count). The van der Waals surface area contributed by atoms with Crippen LogP contribution in [-0.2, 0) is 0 Å². The molecule has 0 aliphatic heterocycles. The summed E-state index contributed by atoms with van der Waals surface area (Å²) in [6, 6.07) is 49.0. The average molecular weight is 462 g/mol. The lowest BCUT2D eigenvalue weighted by molar-refractivity contribution is 0.669. The van der Waals surface area contributed by atoms with Crippen LogP contribution in [-0.4, -0.2) is 0 Å². The van der Waals surface area contributed by atoms with E-state index in [0.717, 1.165) is 50.1 Å². The van der Waals surface area contributed by atoms with Crippen molar-refractivity contribution in [3.8, 4) is 11.1 Å². The molecule has 0 N–H and O–H groups in total. The first-order valence-electron chi connectivity index (χ1n) is 12.2. The number of nitrogens with zero attached hydrogens (tertiary/aromatic N) is 1. The maximum Gasteiger partial charge on any atom is 0.136 e. The quantitative estimate of drug-likeness (QED) is 0.259. The summed E-state index contributed by atoms with van der Waals surface area (Å²) in [5.74, 6) is 0. The molecule has 0 radical (unpaired) electrons. The summed E-state index contributed by atoms with van der Waals surface area (Å²) in [5.41, 5.74) is 7.41. The normalized spacial score (nSPS) is 11.3. The Morgan fingerprint density at radius 2 is 0.944 bits per heavy atom. The van der Waals surface area contributed by atoms with Crippen LogP contribution in [0.5, 0.6) is 0 Å². The van der Waals surface area contributed by atoms with E-state index < -0.39 is 0 Å². The molecule has 0 fully saturated rings. The van der Waals surface area contributed by atoms with E-state index in [-0.39, 0.29) is 0 Å². The van der Waals surface area contributed by atoms with Gasteiger partial charge in [-0.15, -0.1) is 0 Å². The standard InChI is InChI=1S/C34H23NO/c1-4-12-24(13-5-1)29-23-34-31(30-20-25-14-10-11-15-26(25)21-33(30)36-34)22-32(29)35(27-16-6-2-7-17-27)28-18-8-3-9-19-28/h1-23H. The first-order chi connectivity index (χ1) is 17.8. The highest BCUT2D eigenvalue weighted by Gasteiger charge is 2.20. The van der Waals surface area contributed by atoms with Crippen LogP contribution in [0.1, 0.15) is 0 Å². The van der Waals surface area contributed by atoms with Gasteiger partial charge in [0, 0.05) is 27.7 Å². The molecule has 0 saturated carbocycles. The van der Waals surface area contributed by atoms with E-state index in [0.29, 0.717) is 0 Å². The van der Waals surface area contributed by atoms with Crippen LogP contribution in [0.4, 0.5) is 17.1 Å². The van der Waals surface area contributed by atoms with Gasteiger partial charge in [-0.05, 0) is 64.9 Å². The number of benzene rings is 6. The third-order valence-corrected chi connectivity index (χ3v) is 6.81. The number of para-hydroxylation sites is 2. The molecule has 0 amide bonds. The van der Waals surface area contributed by atoms with Crippen LogP contribution < -0.4 is 4.90 Å². The minimum absolute atomic E-state index is 0.893. The second kappa shape index (κ2) is 8.44. The predicted octanol–water partition coefficient (Wildman–Crippen LogP) is 9.88. The first kappa shape index (κ1) is 20.5. The Bertz CT molecular complexity index is 1780. The van der Waals surface area contributed by atoms with Crippen molar-refractivity contribution in [3.05, 3.63) is 140 Å². The van der Waals surface area contributed by atoms with Gasteiger partial charge in [-0.3, -0.25) is 0 Å². The van der Waals surface area contributed by atoms with E-state index >= 15 is 0 Å². The Morgan fingerprint density at radius 3 is 1.58 bits per heavy atom. The van der Waals surface area contributed by atoms with Crippen molar-refractivity contribution in [1.82, 2.24) is 0 Å². The van der Waals surface area contributed by atoms with E-state index in [1.807, 2.05) is 0 Å². The molecule has 0 aliphatic rings. The molecule has 36 heavy (non-hydrogen) atoms. The third-order valence-electron chi connectivity index (χ3n) is 6.81. The Hall–Kier alpha value is -4.82. The SMILES string of the molecule is c1ccc(-c2cc3oc4cc5ccccc5cc4c3cc2N(c2ccccc2)c2ccccc2)cc1. The fraction of sp³-hybridized carbons (Fsp3) is 0. The Balaban J connectivity index is 1.58. The molecule has 1 heterocycles. The summed E-state index contributed by atoms with van der Waals surface area (Å²) in [4.78, 5) is 2.33. The molecule has 2 nitrogen and oxygen atoms in total. The monoisotopic (exact) mass is 461 g/mol. The Labute approximate surface area is 209 Å². The minimum atomic E-state index is 0.893. The lowest BCUT2D eigenvalue weighted by Gasteiger charge is -2.28. The first-order valence-corrected chi connectivity index (χ1v) is 12.2. The fourth-order valence-electron chi connectivity index (χ4n) is 5.11. The number of rotatable bonds is 4. The highest BCUT2D eigenvalue weighted by molar-refractivity contribution is 6.13. The molecule has 0 unspecified atom stereocenters. The highest BCUT2D eigenvalue weighted by atomic mass is 16.3. The zero-order chi connectivity index (χ0) is 23.9. The highest BCUT2D eigenvalue weighted by Crippen LogP contribution is 2.45. The maximum atomic E-state index is 6.45. The van der Waals surface area contributed by atoms with Crippen molar-refractivity contribution in [1.29, 1.82) is 0 Å². The summed E-state index contributed by atoms with van der Waals surface area (Å²) in [7, 11) is 0. The second-order valence-corrected chi connectivity index (χ2v) is 9.04. The van der Waals surface area contributed by atoms with Crippen LogP contribution in [0.25, 0.3) is 43.8 Å². The number of anilines is 3. The van der Waals surface area contributed by atoms with Crippen molar-refractivity contribution < 1.29 is 4.42 Å². The Kier molecular flexibility index (Phi) is 4.82. The molecule has 6 aromatic carbocycles. The summed E-state index contributed by atoms with van der Waals surface area (Å²) in [6.45, 7) is 0. The molecular formula is C34H23NO. The van der Waals surface area contributed by atoms with Crippen LogP contribution >= 0.6 is 0 Å². The third kappa shape index (κ3) is 3.43. The van der Waals surface area contributed by atoms with Crippen molar-refractivity contribution in [2.24, 2.45) is 0 Å². The van der Waals surface area contributed by atoms with Gasteiger partial charge in [0.1, 0.15) is 11.2 Å². The Morgan fingerprint density at radius 1 is 0.444 bits per heavy atom. The topological polar surface area (TPSA) is 16.4 Å². The molecule has 7 aromatic rings. The number of fused-ring (bicyclic) bond motifs is 4. The molecular weight excluding hydrogens is 438 g/mol. The van der Waals surface area contributed by atoms with Crippen molar-refractivity contribution in [2.75, 3.05) is 4.90 Å². The summed E-state index contributed by atoms with van der Waals surface area (Å²) in [5, 5.41) is 4.64. The van der Waals surface area contributed by atoms with Gasteiger partial charge in [-0.2, -0.15) is 0 Å². The average Bonchev–Trinajstić information content (AvgIpc) is 3.29. The van der Waals surface area contributed by atoms with Crippen LogP contribution in [0.2, 0.25) is 0 Å². The van der Waals surface area contributed by atoms with Gasteiger partial charge in [0.05, 0.1) is 5.69 Å². The molecule has 0 bridgehead atoms. The number of furan rings is 1. The number of hydrogen-bond acceptors (Lipinski definition) is 2. The van der Waals surface area contributed by atoms with E-state index in [2.05, 4.69) is 144 Å². The van der Waals surface area contributed by atoms with Crippen LogP contribution in [0.3, 0.4) is 0 Å². The zero-order valence-electron chi connectivity index (χ0n) is 19.6. The lowest BCUT2D eigenvalue weighted by Crippen LogP contribution is -2.11. The molecule has 0 aliphatic carbocycles. The lowest BCUT2D eigenvalue weighted by atomic mass is 9.98. The van der Waals surface area contributed by atoms with E-state index in [1.165, 1.54) is 10.8 Å². The van der Waals surface area contributed by atoms with Crippen molar-refractivity contribution in [3.63, 3.8) is 0 Å². The van der Waals surface area contributed by atoms with E-state index in [1.54, 1.807) is 0 Å². The van der Waals surface area contributed by atoms with Crippen LogP contribution in [0.15, 0.2) is 144 Å². The van der Waals surface area contributed by atoms with Gasteiger partial charge < -0.3 is 9.32 Å². The molecule has 1 aromatic heterocycles. The maximum absolute atomic E-state index is 6.45. The number of hydrogen-bond donors (Lipinski definition) is 0. The summed E-state index contributed by atoms with van der Waals surface area (Å²) < 4.78 is 6.45. The molecule has 0 saturated heterocycles. The van der Waals surface area contributed by atoms with Gasteiger partial charge in [-0.1, -0.05) is 91.0 Å². The van der Waals surface area contributed by atoms with Gasteiger partial charge in [0.25, 0.3) is 0 Å². The summed E-state index contributed by atoms with van der Waals surface area (Å²) >= 11 is 0. The summed E-state index contributed by atoms with van der Waals surface area (Å²) in [6.07, 6.45) is 0. The second-order valence-electron chi connectivity index (χ2n) is 9.04. The minimum Gasteiger partial charge on any atom is -0.456 e. The molecule has 0 spiro atoms. The van der Waals surface area contributed by atoms with Crippen molar-refractivity contribution >= 4 is 49.8 Å². The van der Waals surface area contributed by atoms with Crippen LogP contribution in [0, 0.1) is 0 Å². The van der Waals surface area contributed by atoms with Crippen molar-refractivity contribution in [2.45, 2.75) is 0 Å². The molecule has 2 heteroatoms. The zero-order valence-corrected chi connectivity index (χ0v) is 19.6. The van der Waals surface area contributed by atoms with E-state index in [4.69, 9.17) is 4.42 Å². The predicted molar refractivity (Wildman–Crippen MR) is 151 cm³/mol.